The average Bonchev–Trinajstić information content (AvgIpc) is 3.02. The van der Waals surface area contributed by atoms with Crippen LogP contribution < -0.4 is 0 Å². The van der Waals surface area contributed by atoms with Crippen molar-refractivity contribution in [3.8, 4) is 5.75 Å². The SMILES string of the molecule is O=C(c1ccc(O)cc1)N1CCCC(n2cccn2)C1. The monoisotopic (exact) mass is 271 g/mol. The summed E-state index contributed by atoms with van der Waals surface area (Å²) in [5, 5.41) is 13.5. The number of aromatic hydroxyl groups is 1. The van der Waals surface area contributed by atoms with E-state index in [2.05, 4.69) is 5.10 Å². The molecule has 1 amide bonds. The molecule has 1 atom stereocenters. The highest BCUT2D eigenvalue weighted by molar-refractivity contribution is 5.94. The van der Waals surface area contributed by atoms with Gasteiger partial charge >= 0.3 is 0 Å². The summed E-state index contributed by atoms with van der Waals surface area (Å²) < 4.78 is 1.93. The normalized spacial score (nSPS) is 19.0. The molecule has 2 heterocycles. The van der Waals surface area contributed by atoms with Gasteiger partial charge < -0.3 is 10.0 Å². The van der Waals surface area contributed by atoms with Crippen molar-refractivity contribution in [3.05, 3.63) is 48.3 Å². The second kappa shape index (κ2) is 5.36. The van der Waals surface area contributed by atoms with Gasteiger partial charge in [0.1, 0.15) is 5.75 Å². The van der Waals surface area contributed by atoms with Crippen LogP contribution in [0, 0.1) is 0 Å². The summed E-state index contributed by atoms with van der Waals surface area (Å²) in [4.78, 5) is 14.3. The number of aromatic nitrogens is 2. The summed E-state index contributed by atoms with van der Waals surface area (Å²) in [6.45, 7) is 1.46. The van der Waals surface area contributed by atoms with Crippen molar-refractivity contribution in [2.75, 3.05) is 13.1 Å². The molecule has 0 saturated carbocycles. The second-order valence-electron chi connectivity index (χ2n) is 5.08. The molecule has 2 aromatic rings. The second-order valence-corrected chi connectivity index (χ2v) is 5.08. The smallest absolute Gasteiger partial charge is 0.253 e. The number of phenolic OH excluding ortho intramolecular Hbond substituents is 1. The molecule has 1 fully saturated rings. The number of hydrogen-bond donors (Lipinski definition) is 1. The zero-order valence-corrected chi connectivity index (χ0v) is 11.1. The van der Waals surface area contributed by atoms with Crippen LogP contribution in [-0.4, -0.2) is 38.8 Å². The molecule has 0 spiro atoms. The predicted octanol–water partition coefficient (Wildman–Crippen LogP) is 2.07. The summed E-state index contributed by atoms with van der Waals surface area (Å²) >= 11 is 0. The summed E-state index contributed by atoms with van der Waals surface area (Å²) in [6.07, 6.45) is 5.73. The Bertz CT molecular complexity index is 578. The molecule has 104 valence electrons. The Morgan fingerprint density at radius 1 is 1.30 bits per heavy atom. The molecule has 1 aliphatic heterocycles. The quantitative estimate of drug-likeness (QED) is 0.909. The molecule has 3 rings (SSSR count). The van der Waals surface area contributed by atoms with E-state index in [0.29, 0.717) is 12.1 Å². The molecule has 5 nitrogen and oxygen atoms in total. The van der Waals surface area contributed by atoms with Crippen molar-refractivity contribution >= 4 is 5.91 Å². The lowest BCUT2D eigenvalue weighted by atomic mass is 10.0. The van der Waals surface area contributed by atoms with Gasteiger partial charge in [0.2, 0.25) is 0 Å². The van der Waals surface area contributed by atoms with Crippen molar-refractivity contribution in [2.45, 2.75) is 18.9 Å². The van der Waals surface area contributed by atoms with Gasteiger partial charge in [0.15, 0.2) is 0 Å². The maximum atomic E-state index is 12.4. The van der Waals surface area contributed by atoms with Crippen LogP contribution in [-0.2, 0) is 0 Å². The van der Waals surface area contributed by atoms with E-state index in [1.165, 1.54) is 0 Å². The van der Waals surface area contributed by atoms with Crippen LogP contribution in [0.5, 0.6) is 5.75 Å². The van der Waals surface area contributed by atoms with E-state index < -0.39 is 0 Å². The van der Waals surface area contributed by atoms with E-state index in [9.17, 15) is 9.90 Å². The van der Waals surface area contributed by atoms with E-state index in [0.717, 1.165) is 19.4 Å². The van der Waals surface area contributed by atoms with Crippen molar-refractivity contribution in [1.29, 1.82) is 0 Å². The van der Waals surface area contributed by atoms with Crippen molar-refractivity contribution < 1.29 is 9.90 Å². The molecule has 0 bridgehead atoms. The van der Waals surface area contributed by atoms with Crippen LogP contribution in [0.3, 0.4) is 0 Å². The van der Waals surface area contributed by atoms with Crippen molar-refractivity contribution in [1.82, 2.24) is 14.7 Å². The number of nitrogens with zero attached hydrogens (tertiary/aromatic N) is 3. The third-order valence-electron chi connectivity index (χ3n) is 3.70. The van der Waals surface area contributed by atoms with Crippen molar-refractivity contribution in [2.24, 2.45) is 0 Å². The summed E-state index contributed by atoms with van der Waals surface area (Å²) in [6, 6.07) is 8.56. The van der Waals surface area contributed by atoms with Gasteiger partial charge in [-0.05, 0) is 43.2 Å². The first-order valence-electron chi connectivity index (χ1n) is 6.81. The molecule has 1 N–H and O–H groups in total. The van der Waals surface area contributed by atoms with Crippen LogP contribution in [0.1, 0.15) is 29.2 Å². The van der Waals surface area contributed by atoms with E-state index in [1.807, 2.05) is 21.8 Å². The Morgan fingerprint density at radius 2 is 2.10 bits per heavy atom. The number of rotatable bonds is 2. The van der Waals surface area contributed by atoms with Gasteiger partial charge in [-0.1, -0.05) is 0 Å². The van der Waals surface area contributed by atoms with Crippen molar-refractivity contribution in [3.63, 3.8) is 0 Å². The third kappa shape index (κ3) is 2.52. The first-order valence-corrected chi connectivity index (χ1v) is 6.81. The number of carbonyl (C=O) groups excluding carboxylic acids is 1. The number of piperidine rings is 1. The van der Waals surface area contributed by atoms with E-state index in [4.69, 9.17) is 0 Å². The number of carbonyl (C=O) groups is 1. The summed E-state index contributed by atoms with van der Waals surface area (Å²) in [7, 11) is 0. The molecule has 20 heavy (non-hydrogen) atoms. The lowest BCUT2D eigenvalue weighted by Crippen LogP contribution is -2.40. The number of amides is 1. The van der Waals surface area contributed by atoms with E-state index >= 15 is 0 Å². The largest absolute Gasteiger partial charge is 0.508 e. The van der Waals surface area contributed by atoms with E-state index in [1.54, 1.807) is 30.5 Å². The Labute approximate surface area is 117 Å². The molecular formula is C15H17N3O2. The van der Waals surface area contributed by atoms with Crippen LogP contribution in [0.2, 0.25) is 0 Å². The average molecular weight is 271 g/mol. The minimum Gasteiger partial charge on any atom is -0.508 e. The Morgan fingerprint density at radius 3 is 2.80 bits per heavy atom. The van der Waals surface area contributed by atoms with Crippen LogP contribution >= 0.6 is 0 Å². The maximum absolute atomic E-state index is 12.4. The molecule has 0 aliphatic carbocycles. The highest BCUT2D eigenvalue weighted by Crippen LogP contribution is 2.22. The van der Waals surface area contributed by atoms with Gasteiger partial charge in [0.25, 0.3) is 5.91 Å². The fourth-order valence-electron chi connectivity index (χ4n) is 2.64. The summed E-state index contributed by atoms with van der Waals surface area (Å²) in [5.74, 6) is 0.191. The molecule has 1 aromatic heterocycles. The Balaban J connectivity index is 1.73. The molecule has 1 aliphatic rings. The molecule has 0 radical (unpaired) electrons. The van der Waals surface area contributed by atoms with Gasteiger partial charge in [-0.15, -0.1) is 0 Å². The predicted molar refractivity (Wildman–Crippen MR) is 74.5 cm³/mol. The number of phenols is 1. The van der Waals surface area contributed by atoms with Crippen LogP contribution in [0.25, 0.3) is 0 Å². The fraction of sp³-hybridized carbons (Fsp3) is 0.333. The minimum atomic E-state index is 0.0156. The highest BCUT2D eigenvalue weighted by Gasteiger charge is 2.25. The Kier molecular flexibility index (Phi) is 3.41. The van der Waals surface area contributed by atoms with Gasteiger partial charge in [0, 0.05) is 31.0 Å². The molecule has 1 unspecified atom stereocenters. The molecule has 5 heteroatoms. The van der Waals surface area contributed by atoms with Gasteiger partial charge in [-0.3, -0.25) is 9.48 Å². The number of likely N-dealkylation sites (tertiary alicyclic amines) is 1. The fourth-order valence-corrected chi connectivity index (χ4v) is 2.64. The lowest BCUT2D eigenvalue weighted by Gasteiger charge is -2.33. The maximum Gasteiger partial charge on any atom is 0.253 e. The Hall–Kier alpha value is -2.30. The highest BCUT2D eigenvalue weighted by atomic mass is 16.3. The van der Waals surface area contributed by atoms with Gasteiger partial charge in [0.05, 0.1) is 6.04 Å². The number of benzene rings is 1. The van der Waals surface area contributed by atoms with Gasteiger partial charge in [-0.2, -0.15) is 5.10 Å². The zero-order valence-electron chi connectivity index (χ0n) is 11.1. The molecular weight excluding hydrogens is 254 g/mol. The minimum absolute atomic E-state index is 0.0156. The molecule has 1 aromatic carbocycles. The van der Waals surface area contributed by atoms with Gasteiger partial charge in [-0.25, -0.2) is 0 Å². The lowest BCUT2D eigenvalue weighted by molar-refractivity contribution is 0.0673. The number of hydrogen-bond acceptors (Lipinski definition) is 3. The van der Waals surface area contributed by atoms with E-state index in [-0.39, 0.29) is 17.7 Å². The topological polar surface area (TPSA) is 58.4 Å². The van der Waals surface area contributed by atoms with Crippen LogP contribution in [0.4, 0.5) is 0 Å². The molecule has 1 saturated heterocycles. The standard InChI is InChI=1S/C15H17N3O2/c19-14-6-4-12(5-7-14)15(20)17-9-1-3-13(11-17)18-10-2-8-16-18/h2,4-8,10,13,19H,1,3,9,11H2. The first kappa shape index (κ1) is 12.7. The first-order chi connectivity index (χ1) is 9.74. The summed E-state index contributed by atoms with van der Waals surface area (Å²) in [5.41, 5.74) is 0.615. The van der Waals surface area contributed by atoms with Crippen LogP contribution in [0.15, 0.2) is 42.7 Å². The third-order valence-corrected chi connectivity index (χ3v) is 3.70. The zero-order chi connectivity index (χ0) is 13.9.